The van der Waals surface area contributed by atoms with E-state index in [-0.39, 0.29) is 18.3 Å². The van der Waals surface area contributed by atoms with Gasteiger partial charge in [0.05, 0.1) is 5.69 Å². The topological polar surface area (TPSA) is 76.7 Å². The summed E-state index contributed by atoms with van der Waals surface area (Å²) in [6.45, 7) is 1.34. The van der Waals surface area contributed by atoms with Crippen LogP contribution in [0.15, 0.2) is 42.5 Å². The van der Waals surface area contributed by atoms with Crippen molar-refractivity contribution < 1.29 is 23.5 Å². The number of rotatable bonds is 4. The molecule has 0 saturated carbocycles. The fourth-order valence-electron chi connectivity index (χ4n) is 2.22. The van der Waals surface area contributed by atoms with Crippen molar-refractivity contribution in [2.75, 3.05) is 17.2 Å². The zero-order valence-corrected chi connectivity index (χ0v) is 12.8. The summed E-state index contributed by atoms with van der Waals surface area (Å²) in [5.41, 5.74) is 0.806. The van der Waals surface area contributed by atoms with Crippen LogP contribution >= 0.6 is 0 Å². The van der Waals surface area contributed by atoms with Crippen molar-refractivity contribution in [1.82, 2.24) is 0 Å². The average molecular weight is 330 g/mol. The lowest BCUT2D eigenvalue weighted by molar-refractivity contribution is -0.122. The first kappa shape index (κ1) is 15.8. The molecule has 24 heavy (non-hydrogen) atoms. The van der Waals surface area contributed by atoms with Crippen LogP contribution in [0.5, 0.6) is 11.5 Å². The SMILES string of the molecule is CC1Oc2cccc(NC(=O)COc3cccc(F)c3)c2NC1=O. The molecule has 1 atom stereocenters. The molecule has 3 rings (SSSR count). The lowest BCUT2D eigenvalue weighted by atomic mass is 10.2. The van der Waals surface area contributed by atoms with Gasteiger partial charge in [0.15, 0.2) is 12.7 Å². The molecule has 0 aromatic heterocycles. The Morgan fingerprint density at radius 1 is 1.33 bits per heavy atom. The van der Waals surface area contributed by atoms with Crippen molar-refractivity contribution in [3.63, 3.8) is 0 Å². The van der Waals surface area contributed by atoms with Crippen molar-refractivity contribution in [3.05, 3.63) is 48.3 Å². The quantitative estimate of drug-likeness (QED) is 0.903. The van der Waals surface area contributed by atoms with Gasteiger partial charge in [-0.05, 0) is 31.2 Å². The number of nitrogens with one attached hydrogen (secondary N) is 2. The smallest absolute Gasteiger partial charge is 0.265 e. The molecule has 0 bridgehead atoms. The van der Waals surface area contributed by atoms with Crippen LogP contribution in [-0.2, 0) is 9.59 Å². The molecule has 0 fully saturated rings. The fourth-order valence-corrected chi connectivity index (χ4v) is 2.22. The number of carbonyl (C=O) groups excluding carboxylic acids is 2. The van der Waals surface area contributed by atoms with E-state index in [1.807, 2.05) is 0 Å². The number of para-hydroxylation sites is 1. The van der Waals surface area contributed by atoms with Gasteiger partial charge in [-0.1, -0.05) is 12.1 Å². The van der Waals surface area contributed by atoms with E-state index in [0.29, 0.717) is 17.1 Å². The van der Waals surface area contributed by atoms with Gasteiger partial charge in [0.1, 0.15) is 23.0 Å². The Bertz CT molecular complexity index is 794. The zero-order valence-electron chi connectivity index (χ0n) is 12.8. The monoisotopic (exact) mass is 330 g/mol. The number of hydrogen-bond donors (Lipinski definition) is 2. The van der Waals surface area contributed by atoms with E-state index in [0.717, 1.165) is 0 Å². The highest BCUT2D eigenvalue weighted by molar-refractivity contribution is 6.04. The van der Waals surface area contributed by atoms with Crippen molar-refractivity contribution in [2.45, 2.75) is 13.0 Å². The van der Waals surface area contributed by atoms with E-state index in [1.54, 1.807) is 31.2 Å². The summed E-state index contributed by atoms with van der Waals surface area (Å²) in [5.74, 6) is -0.448. The molecule has 124 valence electrons. The lowest BCUT2D eigenvalue weighted by Gasteiger charge is -2.25. The maximum absolute atomic E-state index is 13.1. The normalized spacial score (nSPS) is 15.8. The van der Waals surface area contributed by atoms with Crippen LogP contribution in [0.4, 0.5) is 15.8 Å². The van der Waals surface area contributed by atoms with Gasteiger partial charge in [0.25, 0.3) is 11.8 Å². The highest BCUT2D eigenvalue weighted by Gasteiger charge is 2.25. The maximum atomic E-state index is 13.1. The van der Waals surface area contributed by atoms with Crippen LogP contribution in [-0.4, -0.2) is 24.5 Å². The van der Waals surface area contributed by atoms with Gasteiger partial charge in [-0.2, -0.15) is 0 Å². The summed E-state index contributed by atoms with van der Waals surface area (Å²) in [6, 6.07) is 10.6. The third-order valence-corrected chi connectivity index (χ3v) is 3.39. The summed E-state index contributed by atoms with van der Waals surface area (Å²) in [5, 5.41) is 5.33. The molecular formula is C17H15FN2O4. The second kappa shape index (κ2) is 6.57. The first-order valence-corrected chi connectivity index (χ1v) is 7.31. The molecule has 2 aromatic carbocycles. The number of anilines is 2. The Balaban J connectivity index is 1.67. The van der Waals surface area contributed by atoms with Gasteiger partial charge in [0, 0.05) is 6.07 Å². The van der Waals surface area contributed by atoms with Gasteiger partial charge in [0.2, 0.25) is 0 Å². The summed E-state index contributed by atoms with van der Waals surface area (Å²) in [7, 11) is 0. The highest BCUT2D eigenvalue weighted by atomic mass is 19.1. The number of amides is 2. The van der Waals surface area contributed by atoms with Gasteiger partial charge < -0.3 is 20.1 Å². The van der Waals surface area contributed by atoms with Gasteiger partial charge in [-0.25, -0.2) is 4.39 Å². The van der Waals surface area contributed by atoms with Crippen molar-refractivity contribution in [1.29, 1.82) is 0 Å². The van der Waals surface area contributed by atoms with E-state index in [1.165, 1.54) is 18.2 Å². The third-order valence-electron chi connectivity index (χ3n) is 3.39. The van der Waals surface area contributed by atoms with E-state index < -0.39 is 17.8 Å². The Morgan fingerprint density at radius 2 is 2.12 bits per heavy atom. The minimum absolute atomic E-state index is 0.255. The van der Waals surface area contributed by atoms with E-state index >= 15 is 0 Å². The molecule has 6 nitrogen and oxygen atoms in total. The summed E-state index contributed by atoms with van der Waals surface area (Å²) in [4.78, 5) is 23.7. The van der Waals surface area contributed by atoms with Crippen LogP contribution < -0.4 is 20.1 Å². The molecule has 0 aliphatic carbocycles. The summed E-state index contributed by atoms with van der Waals surface area (Å²) < 4.78 is 23.8. The van der Waals surface area contributed by atoms with Gasteiger partial charge >= 0.3 is 0 Å². The minimum Gasteiger partial charge on any atom is -0.484 e. The maximum Gasteiger partial charge on any atom is 0.265 e. The first-order valence-electron chi connectivity index (χ1n) is 7.31. The Morgan fingerprint density at radius 3 is 2.92 bits per heavy atom. The molecule has 2 aromatic rings. The molecule has 1 unspecified atom stereocenters. The van der Waals surface area contributed by atoms with Crippen LogP contribution in [0.3, 0.4) is 0 Å². The highest BCUT2D eigenvalue weighted by Crippen LogP contribution is 2.36. The molecule has 0 spiro atoms. The van der Waals surface area contributed by atoms with Crippen LogP contribution in [0.1, 0.15) is 6.92 Å². The second-order valence-corrected chi connectivity index (χ2v) is 5.22. The Labute approximate surface area is 137 Å². The number of carbonyl (C=O) groups is 2. The summed E-state index contributed by atoms with van der Waals surface area (Å²) >= 11 is 0. The zero-order chi connectivity index (χ0) is 17.1. The van der Waals surface area contributed by atoms with Crippen molar-refractivity contribution >= 4 is 23.2 Å². The van der Waals surface area contributed by atoms with Crippen LogP contribution in [0.25, 0.3) is 0 Å². The Kier molecular flexibility index (Phi) is 4.33. The molecule has 2 N–H and O–H groups in total. The molecule has 1 aliphatic rings. The molecule has 2 amide bonds. The molecule has 0 radical (unpaired) electrons. The Hall–Kier alpha value is -3.09. The van der Waals surface area contributed by atoms with Gasteiger partial charge in [-0.3, -0.25) is 9.59 Å². The van der Waals surface area contributed by atoms with E-state index in [4.69, 9.17) is 9.47 Å². The number of halogens is 1. The van der Waals surface area contributed by atoms with Crippen LogP contribution in [0, 0.1) is 5.82 Å². The summed E-state index contributed by atoms with van der Waals surface area (Å²) in [6.07, 6.45) is -0.597. The van der Waals surface area contributed by atoms with Crippen LogP contribution in [0.2, 0.25) is 0 Å². The van der Waals surface area contributed by atoms with E-state index in [9.17, 15) is 14.0 Å². The molecule has 0 saturated heterocycles. The largest absolute Gasteiger partial charge is 0.484 e. The molecule has 1 heterocycles. The van der Waals surface area contributed by atoms with Crippen molar-refractivity contribution in [3.8, 4) is 11.5 Å². The van der Waals surface area contributed by atoms with Gasteiger partial charge in [-0.15, -0.1) is 0 Å². The fraction of sp³-hybridized carbons (Fsp3) is 0.176. The third kappa shape index (κ3) is 3.45. The molecular weight excluding hydrogens is 315 g/mol. The number of fused-ring (bicyclic) bond motifs is 1. The van der Waals surface area contributed by atoms with E-state index in [2.05, 4.69) is 10.6 Å². The predicted molar refractivity (Wildman–Crippen MR) is 85.7 cm³/mol. The predicted octanol–water partition coefficient (Wildman–Crippen LogP) is 2.56. The van der Waals surface area contributed by atoms with Crippen molar-refractivity contribution in [2.24, 2.45) is 0 Å². The lowest BCUT2D eigenvalue weighted by Crippen LogP contribution is -2.35. The molecule has 7 heteroatoms. The second-order valence-electron chi connectivity index (χ2n) is 5.22. The number of ether oxygens (including phenoxy) is 2. The first-order chi connectivity index (χ1) is 11.5. The molecule has 1 aliphatic heterocycles. The average Bonchev–Trinajstić information content (AvgIpc) is 2.55. The number of hydrogen-bond acceptors (Lipinski definition) is 4. The number of benzene rings is 2. The minimum atomic E-state index is -0.597. The standard InChI is InChI=1S/C17H15FN2O4/c1-10-17(22)20-16-13(6-3-7-14(16)24-10)19-15(21)9-23-12-5-2-4-11(18)8-12/h2-8,10H,9H2,1H3,(H,19,21)(H,20,22).